The van der Waals surface area contributed by atoms with E-state index in [-0.39, 0.29) is 0 Å². The molecule has 6 heteroatoms. The van der Waals surface area contributed by atoms with E-state index in [2.05, 4.69) is 72.2 Å². The molecule has 1 fully saturated rings. The molecule has 1 saturated heterocycles. The molecule has 2 heterocycles. The van der Waals surface area contributed by atoms with Crippen molar-refractivity contribution in [2.45, 2.75) is 33.2 Å². The summed E-state index contributed by atoms with van der Waals surface area (Å²) in [5, 5.41) is 4.66. The monoisotopic (exact) mass is 398 g/mol. The topological polar surface area (TPSA) is 47.5 Å². The summed E-state index contributed by atoms with van der Waals surface area (Å²) in [6.45, 7) is 13.1. The Morgan fingerprint density at radius 2 is 1.76 bits per heavy atom. The number of nitrogens with one attached hydrogen (secondary N) is 1. The molecule has 0 aliphatic carbocycles. The maximum Gasteiger partial charge on any atom is 0.145 e. The summed E-state index contributed by atoms with van der Waals surface area (Å²) in [7, 11) is 4.22. The number of rotatable bonds is 10. The van der Waals surface area contributed by atoms with Gasteiger partial charge in [0.15, 0.2) is 0 Å². The van der Waals surface area contributed by atoms with Crippen LogP contribution < -0.4 is 5.32 Å². The van der Waals surface area contributed by atoms with Crippen LogP contribution in [-0.4, -0.2) is 84.6 Å². The average molecular weight is 399 g/mol. The summed E-state index contributed by atoms with van der Waals surface area (Å²) < 4.78 is 0. The van der Waals surface area contributed by atoms with E-state index < -0.39 is 0 Å². The van der Waals surface area contributed by atoms with Crippen molar-refractivity contribution in [2.24, 2.45) is 5.92 Å². The molecule has 29 heavy (non-hydrogen) atoms. The molecule has 0 saturated carbocycles. The standard InChI is InChI=1S/C23H38N6/c1-19(2)10-13-28-14-16-29(17-15-28)18-22-25-21-9-6-5-8-20(21)23(26-22)24-11-7-12-27(3)4/h5-6,8-9,19H,7,10-18H2,1-4H3,(H,24,25,26). The van der Waals surface area contributed by atoms with Gasteiger partial charge in [-0.25, -0.2) is 9.97 Å². The van der Waals surface area contributed by atoms with Gasteiger partial charge < -0.3 is 15.1 Å². The Labute approximate surface area is 176 Å². The Balaban J connectivity index is 1.61. The van der Waals surface area contributed by atoms with Crippen LogP contribution in [0, 0.1) is 5.92 Å². The van der Waals surface area contributed by atoms with Gasteiger partial charge in [-0.1, -0.05) is 26.0 Å². The van der Waals surface area contributed by atoms with Crippen molar-refractivity contribution < 1.29 is 0 Å². The fourth-order valence-electron chi connectivity index (χ4n) is 3.74. The van der Waals surface area contributed by atoms with Crippen LogP contribution >= 0.6 is 0 Å². The molecule has 0 spiro atoms. The number of aromatic nitrogens is 2. The molecule has 1 aromatic carbocycles. The predicted molar refractivity (Wildman–Crippen MR) is 122 cm³/mol. The molecular formula is C23H38N6. The summed E-state index contributed by atoms with van der Waals surface area (Å²) in [5.41, 5.74) is 1.03. The fraction of sp³-hybridized carbons (Fsp3) is 0.652. The zero-order chi connectivity index (χ0) is 20.6. The number of para-hydroxylation sites is 1. The van der Waals surface area contributed by atoms with E-state index in [9.17, 15) is 0 Å². The second-order valence-corrected chi connectivity index (χ2v) is 8.89. The van der Waals surface area contributed by atoms with Crippen molar-refractivity contribution in [3.8, 4) is 0 Å². The zero-order valence-electron chi connectivity index (χ0n) is 18.7. The first-order valence-electron chi connectivity index (χ1n) is 11.1. The van der Waals surface area contributed by atoms with Gasteiger partial charge in [0.2, 0.25) is 0 Å². The highest BCUT2D eigenvalue weighted by Crippen LogP contribution is 2.21. The third-order valence-electron chi connectivity index (χ3n) is 5.58. The van der Waals surface area contributed by atoms with E-state index in [0.29, 0.717) is 0 Å². The minimum absolute atomic E-state index is 0.780. The number of hydrogen-bond donors (Lipinski definition) is 1. The van der Waals surface area contributed by atoms with Crippen LogP contribution in [0.1, 0.15) is 32.5 Å². The van der Waals surface area contributed by atoms with Crippen LogP contribution in [0.25, 0.3) is 10.9 Å². The largest absolute Gasteiger partial charge is 0.369 e. The Kier molecular flexibility index (Phi) is 8.21. The van der Waals surface area contributed by atoms with Crippen molar-refractivity contribution in [1.29, 1.82) is 0 Å². The van der Waals surface area contributed by atoms with Crippen molar-refractivity contribution in [1.82, 2.24) is 24.7 Å². The highest BCUT2D eigenvalue weighted by Gasteiger charge is 2.18. The maximum atomic E-state index is 4.90. The summed E-state index contributed by atoms with van der Waals surface area (Å²) in [6, 6.07) is 8.32. The molecule has 2 aromatic rings. The average Bonchev–Trinajstić information content (AvgIpc) is 2.70. The summed E-state index contributed by atoms with van der Waals surface area (Å²) >= 11 is 0. The van der Waals surface area contributed by atoms with E-state index in [1.165, 1.54) is 13.0 Å². The van der Waals surface area contributed by atoms with Gasteiger partial charge in [-0.3, -0.25) is 4.90 Å². The lowest BCUT2D eigenvalue weighted by atomic mass is 10.1. The lowest BCUT2D eigenvalue weighted by Crippen LogP contribution is -2.46. The number of anilines is 1. The number of piperazine rings is 1. The van der Waals surface area contributed by atoms with E-state index in [4.69, 9.17) is 9.97 Å². The first-order valence-corrected chi connectivity index (χ1v) is 11.1. The summed E-state index contributed by atoms with van der Waals surface area (Å²) in [6.07, 6.45) is 2.38. The van der Waals surface area contributed by atoms with E-state index in [1.54, 1.807) is 0 Å². The lowest BCUT2D eigenvalue weighted by Gasteiger charge is -2.34. The Bertz CT molecular complexity index is 752. The number of fused-ring (bicyclic) bond motifs is 1. The third kappa shape index (κ3) is 6.91. The molecule has 0 amide bonds. The molecule has 1 aliphatic rings. The minimum Gasteiger partial charge on any atom is -0.369 e. The number of hydrogen-bond acceptors (Lipinski definition) is 6. The molecule has 0 atom stereocenters. The van der Waals surface area contributed by atoms with Crippen LogP contribution in [0.15, 0.2) is 24.3 Å². The highest BCUT2D eigenvalue weighted by atomic mass is 15.3. The SMILES string of the molecule is CC(C)CCN1CCN(Cc2nc(NCCCN(C)C)c3ccccc3n2)CC1. The van der Waals surface area contributed by atoms with Crippen LogP contribution in [0.5, 0.6) is 0 Å². The Hall–Kier alpha value is -1.76. The predicted octanol–water partition coefficient (Wildman–Crippen LogP) is 3.16. The van der Waals surface area contributed by atoms with E-state index >= 15 is 0 Å². The maximum absolute atomic E-state index is 4.90. The molecule has 0 bridgehead atoms. The van der Waals surface area contributed by atoms with Crippen LogP contribution in [0.2, 0.25) is 0 Å². The van der Waals surface area contributed by atoms with Crippen LogP contribution in [-0.2, 0) is 6.54 Å². The first kappa shape index (κ1) is 21.9. The highest BCUT2D eigenvalue weighted by molar-refractivity contribution is 5.88. The minimum atomic E-state index is 0.780. The van der Waals surface area contributed by atoms with Gasteiger partial charge in [-0.15, -0.1) is 0 Å². The van der Waals surface area contributed by atoms with Crippen LogP contribution in [0.4, 0.5) is 5.82 Å². The third-order valence-corrected chi connectivity index (χ3v) is 5.58. The van der Waals surface area contributed by atoms with Gasteiger partial charge in [-0.2, -0.15) is 0 Å². The van der Waals surface area contributed by atoms with Gasteiger partial charge in [0.25, 0.3) is 0 Å². The molecule has 1 aliphatic heterocycles. The molecule has 3 rings (SSSR count). The fourth-order valence-corrected chi connectivity index (χ4v) is 3.74. The number of benzene rings is 1. The van der Waals surface area contributed by atoms with Gasteiger partial charge in [0, 0.05) is 38.1 Å². The molecule has 1 aromatic heterocycles. The Morgan fingerprint density at radius 3 is 2.48 bits per heavy atom. The van der Waals surface area contributed by atoms with Crippen molar-refractivity contribution in [2.75, 3.05) is 65.2 Å². The summed E-state index contributed by atoms with van der Waals surface area (Å²) in [5.74, 6) is 2.68. The zero-order valence-corrected chi connectivity index (χ0v) is 18.7. The van der Waals surface area contributed by atoms with E-state index in [1.807, 2.05) is 0 Å². The van der Waals surface area contributed by atoms with Crippen molar-refractivity contribution in [3.05, 3.63) is 30.1 Å². The van der Waals surface area contributed by atoms with Gasteiger partial charge in [-0.05, 0) is 58.1 Å². The van der Waals surface area contributed by atoms with Gasteiger partial charge >= 0.3 is 0 Å². The second-order valence-electron chi connectivity index (χ2n) is 8.89. The summed E-state index contributed by atoms with van der Waals surface area (Å²) in [4.78, 5) is 17.0. The normalized spacial score (nSPS) is 16.2. The van der Waals surface area contributed by atoms with E-state index in [0.717, 1.165) is 80.7 Å². The number of nitrogens with zero attached hydrogens (tertiary/aromatic N) is 5. The van der Waals surface area contributed by atoms with Crippen LogP contribution in [0.3, 0.4) is 0 Å². The van der Waals surface area contributed by atoms with Crippen molar-refractivity contribution in [3.63, 3.8) is 0 Å². The smallest absolute Gasteiger partial charge is 0.145 e. The quantitative estimate of drug-likeness (QED) is 0.621. The lowest BCUT2D eigenvalue weighted by molar-refractivity contribution is 0.121. The second kappa shape index (κ2) is 10.9. The van der Waals surface area contributed by atoms with Gasteiger partial charge in [0.1, 0.15) is 11.6 Å². The molecule has 0 radical (unpaired) electrons. The van der Waals surface area contributed by atoms with Gasteiger partial charge in [0.05, 0.1) is 12.1 Å². The molecule has 0 unspecified atom stereocenters. The van der Waals surface area contributed by atoms with Crippen molar-refractivity contribution >= 4 is 16.7 Å². The molecule has 1 N–H and O–H groups in total. The Morgan fingerprint density at radius 1 is 1.03 bits per heavy atom. The first-order chi connectivity index (χ1) is 14.0. The molecule has 6 nitrogen and oxygen atoms in total. The molecule has 160 valence electrons. The molecular weight excluding hydrogens is 360 g/mol.